The summed E-state index contributed by atoms with van der Waals surface area (Å²) in [7, 11) is 3.91. The first-order valence-corrected chi connectivity index (χ1v) is 10.2. The number of carbonyl (C=O) groups excluding carboxylic acids is 2. The van der Waals surface area contributed by atoms with E-state index >= 15 is 0 Å². The van der Waals surface area contributed by atoms with E-state index in [1.807, 2.05) is 49.5 Å². The largest absolute Gasteiger partial charge is 0.548 e. The second kappa shape index (κ2) is 8.73. The number of anilines is 1. The molecule has 1 amide bonds. The molecule has 1 aliphatic heterocycles. The smallest absolute Gasteiger partial charge is 0.266 e. The second-order valence-electron chi connectivity index (χ2n) is 5.65. The molecule has 1 saturated heterocycles. The standard InChI is InChI=1S/C17H20N2O3S3/c1-18(2)12-6-4-11(5-7-12)10-14-15(20)19(17(23)25-14)13(16(21)22)8-9-24-3/h4-7,10,13H,8-9H2,1-3H3,(H,21,22)/p-1/b14-10+/t13-/m0/s1. The Labute approximate surface area is 161 Å². The molecule has 8 heteroatoms. The molecule has 0 saturated carbocycles. The first-order chi connectivity index (χ1) is 11.8. The summed E-state index contributed by atoms with van der Waals surface area (Å²) in [6.07, 6.45) is 3.92. The van der Waals surface area contributed by atoms with Crippen LogP contribution in [0.25, 0.3) is 6.08 Å². The highest BCUT2D eigenvalue weighted by Crippen LogP contribution is 2.34. The van der Waals surface area contributed by atoms with E-state index < -0.39 is 12.0 Å². The SMILES string of the molecule is CSCC[C@@H](C(=O)[O-])N1C(=O)/C(=C\c2ccc(N(C)C)cc2)SC1=S. The Morgan fingerprint density at radius 2 is 2.04 bits per heavy atom. The topological polar surface area (TPSA) is 63.7 Å². The van der Waals surface area contributed by atoms with Crippen LogP contribution in [0.1, 0.15) is 12.0 Å². The van der Waals surface area contributed by atoms with Crippen molar-refractivity contribution >= 4 is 63.7 Å². The van der Waals surface area contributed by atoms with Gasteiger partial charge in [0.25, 0.3) is 5.91 Å². The van der Waals surface area contributed by atoms with E-state index in [4.69, 9.17) is 12.2 Å². The summed E-state index contributed by atoms with van der Waals surface area (Å²) in [6, 6.07) is 6.70. The summed E-state index contributed by atoms with van der Waals surface area (Å²) in [5, 5.41) is 11.4. The molecule has 1 atom stereocenters. The minimum atomic E-state index is -1.28. The molecular weight excluding hydrogens is 376 g/mol. The molecule has 0 unspecified atom stereocenters. The monoisotopic (exact) mass is 395 g/mol. The Morgan fingerprint density at radius 1 is 1.40 bits per heavy atom. The lowest BCUT2D eigenvalue weighted by Gasteiger charge is -2.27. The van der Waals surface area contributed by atoms with Crippen molar-refractivity contribution in [3.63, 3.8) is 0 Å². The molecule has 5 nitrogen and oxygen atoms in total. The van der Waals surface area contributed by atoms with Crippen LogP contribution in [0.4, 0.5) is 5.69 Å². The molecule has 0 aromatic heterocycles. The lowest BCUT2D eigenvalue weighted by molar-refractivity contribution is -0.310. The Balaban J connectivity index is 2.23. The van der Waals surface area contributed by atoms with Crippen LogP contribution in [0.15, 0.2) is 29.2 Å². The highest BCUT2D eigenvalue weighted by Gasteiger charge is 2.37. The average Bonchev–Trinajstić information content (AvgIpc) is 2.83. The minimum absolute atomic E-state index is 0.261. The summed E-state index contributed by atoms with van der Waals surface area (Å²) in [5.74, 6) is -1.04. The van der Waals surface area contributed by atoms with Crippen LogP contribution >= 0.6 is 35.7 Å². The number of thioether (sulfide) groups is 2. The fraction of sp³-hybridized carbons (Fsp3) is 0.353. The number of carbonyl (C=O) groups is 2. The third kappa shape index (κ3) is 4.77. The molecule has 134 valence electrons. The van der Waals surface area contributed by atoms with Crippen LogP contribution in [-0.2, 0) is 9.59 Å². The maximum absolute atomic E-state index is 12.6. The van der Waals surface area contributed by atoms with Crippen LogP contribution in [0.2, 0.25) is 0 Å². The van der Waals surface area contributed by atoms with E-state index in [9.17, 15) is 14.7 Å². The molecule has 1 heterocycles. The van der Waals surface area contributed by atoms with Crippen molar-refractivity contribution in [2.75, 3.05) is 31.0 Å². The van der Waals surface area contributed by atoms with Gasteiger partial charge in [0.05, 0.1) is 16.9 Å². The second-order valence-corrected chi connectivity index (χ2v) is 8.32. The van der Waals surface area contributed by atoms with Gasteiger partial charge in [0.2, 0.25) is 0 Å². The quantitative estimate of drug-likeness (QED) is 0.515. The van der Waals surface area contributed by atoms with Crippen molar-refractivity contribution in [3.05, 3.63) is 34.7 Å². The van der Waals surface area contributed by atoms with Gasteiger partial charge in [-0.3, -0.25) is 9.69 Å². The molecule has 2 rings (SSSR count). The maximum atomic E-state index is 12.6. The van der Waals surface area contributed by atoms with E-state index in [0.717, 1.165) is 23.0 Å². The summed E-state index contributed by atoms with van der Waals surface area (Å²) >= 11 is 7.88. The predicted molar refractivity (Wildman–Crippen MR) is 108 cm³/mol. The van der Waals surface area contributed by atoms with Gasteiger partial charge in [-0.2, -0.15) is 11.8 Å². The molecule has 0 spiro atoms. The van der Waals surface area contributed by atoms with Gasteiger partial charge in [-0.1, -0.05) is 36.1 Å². The maximum Gasteiger partial charge on any atom is 0.266 e. The number of hydrogen-bond donors (Lipinski definition) is 0. The number of hydrogen-bond acceptors (Lipinski definition) is 7. The molecule has 0 N–H and O–H groups in total. The summed E-state index contributed by atoms with van der Waals surface area (Å²) in [5.41, 5.74) is 1.92. The molecule has 0 aliphatic carbocycles. The van der Waals surface area contributed by atoms with Crippen LogP contribution < -0.4 is 10.0 Å². The summed E-state index contributed by atoms with van der Waals surface area (Å²) < 4.78 is 0.261. The third-order valence-corrected chi connectivity index (χ3v) is 5.68. The molecular formula is C17H19N2O3S3-. The molecule has 1 aromatic carbocycles. The lowest BCUT2D eigenvalue weighted by atomic mass is 10.1. The molecule has 1 fully saturated rings. The van der Waals surface area contributed by atoms with E-state index in [1.165, 1.54) is 16.7 Å². The zero-order chi connectivity index (χ0) is 18.6. The van der Waals surface area contributed by atoms with Gasteiger partial charge < -0.3 is 14.8 Å². The number of rotatable bonds is 7. The van der Waals surface area contributed by atoms with Gasteiger partial charge in [0, 0.05) is 19.8 Å². The van der Waals surface area contributed by atoms with E-state index in [0.29, 0.717) is 17.1 Å². The number of aliphatic carboxylic acids is 1. The highest BCUT2D eigenvalue weighted by atomic mass is 32.2. The number of thiocarbonyl (C=S) groups is 1. The van der Waals surface area contributed by atoms with E-state index in [2.05, 4.69) is 0 Å². The lowest BCUT2D eigenvalue weighted by Crippen LogP contribution is -2.50. The minimum Gasteiger partial charge on any atom is -0.548 e. The highest BCUT2D eigenvalue weighted by molar-refractivity contribution is 8.26. The zero-order valence-electron chi connectivity index (χ0n) is 14.2. The average molecular weight is 396 g/mol. The number of amides is 1. The number of carboxylic acids is 1. The Bertz CT molecular complexity index is 702. The number of benzene rings is 1. The molecule has 1 aromatic rings. The molecule has 0 bridgehead atoms. The molecule has 25 heavy (non-hydrogen) atoms. The predicted octanol–water partition coefficient (Wildman–Crippen LogP) is 1.83. The zero-order valence-corrected chi connectivity index (χ0v) is 16.7. The van der Waals surface area contributed by atoms with Gasteiger partial charge in [0.1, 0.15) is 4.32 Å². The van der Waals surface area contributed by atoms with Crippen LogP contribution in [0.5, 0.6) is 0 Å². The number of nitrogens with zero attached hydrogens (tertiary/aromatic N) is 2. The fourth-order valence-electron chi connectivity index (χ4n) is 2.35. The Morgan fingerprint density at radius 3 is 2.56 bits per heavy atom. The van der Waals surface area contributed by atoms with Crippen LogP contribution in [-0.4, -0.2) is 53.2 Å². The normalized spacial score (nSPS) is 17.2. The molecule has 1 aliphatic rings. The van der Waals surface area contributed by atoms with Crippen molar-refractivity contribution in [2.24, 2.45) is 0 Å². The van der Waals surface area contributed by atoms with E-state index in [1.54, 1.807) is 6.08 Å². The number of carboxylic acid groups (broad SMARTS) is 1. The van der Waals surface area contributed by atoms with Crippen molar-refractivity contribution < 1.29 is 14.7 Å². The Kier molecular flexibility index (Phi) is 6.92. The van der Waals surface area contributed by atoms with Gasteiger partial charge in [-0.05, 0) is 42.2 Å². The third-order valence-electron chi connectivity index (χ3n) is 3.71. The van der Waals surface area contributed by atoms with E-state index in [-0.39, 0.29) is 10.2 Å². The van der Waals surface area contributed by atoms with Crippen LogP contribution in [0, 0.1) is 0 Å². The summed E-state index contributed by atoms with van der Waals surface area (Å²) in [6.45, 7) is 0. The van der Waals surface area contributed by atoms with Gasteiger partial charge >= 0.3 is 0 Å². The van der Waals surface area contributed by atoms with Crippen LogP contribution in [0.3, 0.4) is 0 Å². The van der Waals surface area contributed by atoms with Crippen molar-refractivity contribution in [1.82, 2.24) is 4.90 Å². The molecule has 0 radical (unpaired) electrons. The fourth-order valence-corrected chi connectivity index (χ4v) is 4.17. The first kappa shape index (κ1) is 19.8. The van der Waals surface area contributed by atoms with Gasteiger partial charge in [-0.15, -0.1) is 0 Å². The van der Waals surface area contributed by atoms with Gasteiger partial charge in [-0.25, -0.2) is 0 Å². The van der Waals surface area contributed by atoms with Crippen molar-refractivity contribution in [3.8, 4) is 0 Å². The summed E-state index contributed by atoms with van der Waals surface area (Å²) in [4.78, 5) is 27.7. The Hall–Kier alpha value is -1.51. The van der Waals surface area contributed by atoms with Crippen molar-refractivity contribution in [2.45, 2.75) is 12.5 Å². The van der Waals surface area contributed by atoms with Gasteiger partial charge in [0.15, 0.2) is 0 Å². The van der Waals surface area contributed by atoms with Crippen molar-refractivity contribution in [1.29, 1.82) is 0 Å². The first-order valence-electron chi connectivity index (χ1n) is 7.59.